The highest BCUT2D eigenvalue weighted by atomic mass is 79.9. The lowest BCUT2D eigenvalue weighted by Gasteiger charge is -2.15. The largest absolute Gasteiger partial charge is 0.355 e. The van der Waals surface area contributed by atoms with Gasteiger partial charge < -0.3 is 5.32 Å². The van der Waals surface area contributed by atoms with Crippen molar-refractivity contribution in [2.45, 2.75) is 37.9 Å². The Morgan fingerprint density at radius 3 is 2.24 bits per heavy atom. The molecule has 0 unspecified atom stereocenters. The zero-order chi connectivity index (χ0) is 12.9. The van der Waals surface area contributed by atoms with Crippen molar-refractivity contribution in [1.82, 2.24) is 5.32 Å². The van der Waals surface area contributed by atoms with Crippen LogP contribution in [0.5, 0.6) is 0 Å². The van der Waals surface area contributed by atoms with Crippen LogP contribution in [0.2, 0.25) is 0 Å². The summed E-state index contributed by atoms with van der Waals surface area (Å²) in [6, 6.07) is 8.55. The lowest BCUT2D eigenvalue weighted by molar-refractivity contribution is -0.122. The van der Waals surface area contributed by atoms with Crippen LogP contribution in [0.15, 0.2) is 24.3 Å². The molecule has 0 spiro atoms. The van der Waals surface area contributed by atoms with Gasteiger partial charge in [-0.1, -0.05) is 47.1 Å². The Hall–Kier alpha value is -0.830. The minimum absolute atomic E-state index is 0.0303. The summed E-state index contributed by atoms with van der Waals surface area (Å²) in [5, 5.41) is 2.91. The van der Waals surface area contributed by atoms with Gasteiger partial charge in [0, 0.05) is 6.54 Å². The number of carbonyl (C=O) groups is 1. The number of alkyl halides is 1. The van der Waals surface area contributed by atoms with Crippen molar-refractivity contribution in [2.75, 3.05) is 6.54 Å². The number of hydrogen-bond acceptors (Lipinski definition) is 1. The van der Waals surface area contributed by atoms with Crippen molar-refractivity contribution in [3.8, 4) is 0 Å². The van der Waals surface area contributed by atoms with Gasteiger partial charge >= 0.3 is 0 Å². The van der Waals surface area contributed by atoms with Crippen molar-refractivity contribution in [2.24, 2.45) is 0 Å². The van der Waals surface area contributed by atoms with Crippen LogP contribution in [0.3, 0.4) is 0 Å². The van der Waals surface area contributed by atoms with Gasteiger partial charge in [0.2, 0.25) is 5.91 Å². The second kappa shape index (κ2) is 6.20. The van der Waals surface area contributed by atoms with Crippen LogP contribution < -0.4 is 5.32 Å². The first kappa shape index (κ1) is 14.2. The molecule has 2 nitrogen and oxygen atoms in total. The van der Waals surface area contributed by atoms with Crippen LogP contribution in [-0.4, -0.2) is 16.8 Å². The van der Waals surface area contributed by atoms with Crippen molar-refractivity contribution < 1.29 is 4.79 Å². The van der Waals surface area contributed by atoms with E-state index in [2.05, 4.69) is 52.4 Å². The number of aryl methyl sites for hydroxylation is 1. The van der Waals surface area contributed by atoms with Crippen molar-refractivity contribution in [1.29, 1.82) is 0 Å². The monoisotopic (exact) mass is 297 g/mol. The van der Waals surface area contributed by atoms with Crippen LogP contribution in [0.1, 0.15) is 31.9 Å². The lowest BCUT2D eigenvalue weighted by Crippen LogP contribution is -2.38. The summed E-state index contributed by atoms with van der Waals surface area (Å²) >= 11 is 3.34. The van der Waals surface area contributed by atoms with Crippen LogP contribution in [0, 0.1) is 0 Å². The van der Waals surface area contributed by atoms with Gasteiger partial charge in [0.05, 0.1) is 4.32 Å². The molecule has 1 aromatic rings. The molecule has 1 amide bonds. The third-order valence-electron chi connectivity index (χ3n) is 2.67. The molecule has 0 aromatic heterocycles. The summed E-state index contributed by atoms with van der Waals surface area (Å²) in [4.78, 5) is 11.6. The first-order valence-corrected chi connectivity index (χ1v) is 6.78. The number of amides is 1. The SMILES string of the molecule is CCc1ccc(CCNC(=O)C(C)(C)Br)cc1. The van der Waals surface area contributed by atoms with Crippen LogP contribution in [0.4, 0.5) is 0 Å². The Morgan fingerprint density at radius 2 is 1.76 bits per heavy atom. The van der Waals surface area contributed by atoms with Gasteiger partial charge in [-0.05, 0) is 37.8 Å². The van der Waals surface area contributed by atoms with E-state index in [4.69, 9.17) is 0 Å². The minimum atomic E-state index is -0.487. The van der Waals surface area contributed by atoms with Gasteiger partial charge in [-0.3, -0.25) is 4.79 Å². The van der Waals surface area contributed by atoms with Crippen molar-refractivity contribution in [3.05, 3.63) is 35.4 Å². The minimum Gasteiger partial charge on any atom is -0.355 e. The Balaban J connectivity index is 2.38. The standard InChI is InChI=1S/C14H20BrNO/c1-4-11-5-7-12(8-6-11)9-10-16-13(17)14(2,3)15/h5-8H,4,9-10H2,1-3H3,(H,16,17). The second-order valence-electron chi connectivity index (χ2n) is 4.65. The summed E-state index contributed by atoms with van der Waals surface area (Å²) in [6.07, 6.45) is 1.94. The quantitative estimate of drug-likeness (QED) is 0.832. The van der Waals surface area contributed by atoms with E-state index in [9.17, 15) is 4.79 Å². The molecule has 1 rings (SSSR count). The zero-order valence-electron chi connectivity index (χ0n) is 10.7. The average Bonchev–Trinajstić information content (AvgIpc) is 2.28. The average molecular weight is 298 g/mol. The van der Waals surface area contributed by atoms with E-state index in [1.807, 2.05) is 13.8 Å². The molecule has 0 saturated carbocycles. The molecule has 0 aliphatic rings. The van der Waals surface area contributed by atoms with E-state index in [1.165, 1.54) is 11.1 Å². The first-order valence-electron chi connectivity index (χ1n) is 5.98. The molecular formula is C14H20BrNO. The highest BCUT2D eigenvalue weighted by Crippen LogP contribution is 2.15. The summed E-state index contributed by atoms with van der Waals surface area (Å²) in [6.45, 7) is 6.52. The topological polar surface area (TPSA) is 29.1 Å². The van der Waals surface area contributed by atoms with Gasteiger partial charge in [0.1, 0.15) is 0 Å². The van der Waals surface area contributed by atoms with E-state index in [0.717, 1.165) is 12.8 Å². The molecule has 0 fully saturated rings. The third-order valence-corrected chi connectivity index (χ3v) is 3.03. The summed E-state index contributed by atoms with van der Waals surface area (Å²) in [5.74, 6) is 0.0303. The molecule has 17 heavy (non-hydrogen) atoms. The molecule has 0 aliphatic heterocycles. The molecule has 0 aliphatic carbocycles. The van der Waals surface area contributed by atoms with E-state index in [1.54, 1.807) is 0 Å². The highest BCUT2D eigenvalue weighted by Gasteiger charge is 2.22. The Kier molecular flexibility index (Phi) is 5.19. The molecule has 0 saturated heterocycles. The molecule has 0 radical (unpaired) electrons. The van der Waals surface area contributed by atoms with E-state index < -0.39 is 4.32 Å². The number of benzene rings is 1. The van der Waals surface area contributed by atoms with E-state index in [-0.39, 0.29) is 5.91 Å². The van der Waals surface area contributed by atoms with Crippen LogP contribution >= 0.6 is 15.9 Å². The van der Waals surface area contributed by atoms with Crippen molar-refractivity contribution >= 4 is 21.8 Å². The fourth-order valence-electron chi connectivity index (χ4n) is 1.47. The van der Waals surface area contributed by atoms with Crippen LogP contribution in [-0.2, 0) is 17.6 Å². The molecule has 3 heteroatoms. The molecule has 1 N–H and O–H groups in total. The van der Waals surface area contributed by atoms with Gasteiger partial charge in [0.15, 0.2) is 0 Å². The number of carbonyl (C=O) groups excluding carboxylic acids is 1. The molecular weight excluding hydrogens is 278 g/mol. The Labute approximate surface area is 112 Å². The zero-order valence-corrected chi connectivity index (χ0v) is 12.3. The van der Waals surface area contributed by atoms with Crippen molar-refractivity contribution in [3.63, 3.8) is 0 Å². The molecule has 0 heterocycles. The number of nitrogens with one attached hydrogen (secondary N) is 1. The van der Waals surface area contributed by atoms with Gasteiger partial charge in [-0.15, -0.1) is 0 Å². The predicted octanol–water partition coefficient (Wildman–Crippen LogP) is 3.08. The van der Waals surface area contributed by atoms with E-state index >= 15 is 0 Å². The smallest absolute Gasteiger partial charge is 0.236 e. The number of halogens is 1. The van der Waals surface area contributed by atoms with Gasteiger partial charge in [-0.2, -0.15) is 0 Å². The normalized spacial score (nSPS) is 11.3. The number of hydrogen-bond donors (Lipinski definition) is 1. The maximum atomic E-state index is 11.6. The predicted molar refractivity (Wildman–Crippen MR) is 75.5 cm³/mol. The molecule has 0 atom stereocenters. The lowest BCUT2D eigenvalue weighted by atomic mass is 10.1. The van der Waals surface area contributed by atoms with E-state index in [0.29, 0.717) is 6.54 Å². The fourth-order valence-corrected chi connectivity index (χ4v) is 1.61. The van der Waals surface area contributed by atoms with Crippen LogP contribution in [0.25, 0.3) is 0 Å². The molecule has 1 aromatic carbocycles. The maximum Gasteiger partial charge on any atom is 0.236 e. The third kappa shape index (κ3) is 4.90. The second-order valence-corrected chi connectivity index (χ2v) is 6.63. The summed E-state index contributed by atoms with van der Waals surface area (Å²) < 4.78 is -0.487. The Morgan fingerprint density at radius 1 is 1.24 bits per heavy atom. The maximum absolute atomic E-state index is 11.6. The van der Waals surface area contributed by atoms with Gasteiger partial charge in [0.25, 0.3) is 0 Å². The molecule has 94 valence electrons. The summed E-state index contributed by atoms with van der Waals surface area (Å²) in [7, 11) is 0. The Bertz CT molecular complexity index is 365. The molecule has 0 bridgehead atoms. The first-order chi connectivity index (χ1) is 7.93. The number of rotatable bonds is 5. The highest BCUT2D eigenvalue weighted by molar-refractivity contribution is 9.10. The fraction of sp³-hybridized carbons (Fsp3) is 0.500. The summed E-state index contributed by atoms with van der Waals surface area (Å²) in [5.41, 5.74) is 2.61. The van der Waals surface area contributed by atoms with Gasteiger partial charge in [-0.25, -0.2) is 0 Å².